The summed E-state index contributed by atoms with van der Waals surface area (Å²) < 4.78 is 0. The number of benzene rings is 2. The molecule has 0 aromatic heterocycles. The van der Waals surface area contributed by atoms with Crippen LogP contribution in [0.15, 0.2) is 48.5 Å². The maximum atomic E-state index is 13.0. The zero-order valence-electron chi connectivity index (χ0n) is 18.8. The second-order valence-corrected chi connectivity index (χ2v) is 8.90. The Bertz CT molecular complexity index is 1050. The molecule has 180 valence electrons. The van der Waals surface area contributed by atoms with Crippen molar-refractivity contribution in [2.24, 2.45) is 0 Å². The van der Waals surface area contributed by atoms with Gasteiger partial charge in [-0.3, -0.25) is 9.59 Å². The zero-order valence-corrected chi connectivity index (χ0v) is 19.6. The van der Waals surface area contributed by atoms with Crippen molar-refractivity contribution in [2.45, 2.75) is 31.3 Å². The van der Waals surface area contributed by atoms with E-state index in [0.717, 1.165) is 5.56 Å². The monoisotopic (exact) mass is 484 g/mol. The van der Waals surface area contributed by atoms with Crippen LogP contribution < -0.4 is 21.3 Å². The van der Waals surface area contributed by atoms with Crippen LogP contribution in [-0.4, -0.2) is 59.6 Å². The number of aliphatic carboxylic acids is 1. The number of amides is 4. The van der Waals surface area contributed by atoms with Crippen LogP contribution in [0.2, 0.25) is 0 Å². The van der Waals surface area contributed by atoms with Gasteiger partial charge in [0.15, 0.2) is 0 Å². The molecule has 1 heterocycles. The molecule has 3 rings (SSSR count). The molecule has 9 nitrogen and oxygen atoms in total. The highest BCUT2D eigenvalue weighted by Crippen LogP contribution is 2.27. The Balaban J connectivity index is 1.76. The van der Waals surface area contributed by atoms with Crippen LogP contribution in [0.5, 0.6) is 0 Å². The molecule has 0 radical (unpaired) electrons. The summed E-state index contributed by atoms with van der Waals surface area (Å²) in [7, 11) is 0. The van der Waals surface area contributed by atoms with E-state index >= 15 is 0 Å². The molecule has 2 aromatic carbocycles. The van der Waals surface area contributed by atoms with E-state index in [9.17, 15) is 24.3 Å². The highest BCUT2D eigenvalue weighted by atomic mass is 32.2. The van der Waals surface area contributed by atoms with Crippen molar-refractivity contribution in [1.82, 2.24) is 16.0 Å². The molecule has 0 spiro atoms. The number of carboxylic acid groups (broad SMARTS) is 1. The molecule has 0 saturated carbocycles. The highest BCUT2D eigenvalue weighted by Gasteiger charge is 2.23. The van der Waals surface area contributed by atoms with Gasteiger partial charge in [-0.2, -0.15) is 11.8 Å². The van der Waals surface area contributed by atoms with E-state index in [-0.39, 0.29) is 11.9 Å². The lowest BCUT2D eigenvalue weighted by Crippen LogP contribution is -2.41. The smallest absolute Gasteiger partial charge is 0.326 e. The van der Waals surface area contributed by atoms with Gasteiger partial charge in [-0.1, -0.05) is 30.3 Å². The number of carbonyl (C=O) groups is 4. The lowest BCUT2D eigenvalue weighted by atomic mass is 9.98. The van der Waals surface area contributed by atoms with E-state index in [1.54, 1.807) is 18.2 Å². The Morgan fingerprint density at radius 2 is 1.94 bits per heavy atom. The first-order valence-electron chi connectivity index (χ1n) is 10.9. The van der Waals surface area contributed by atoms with Crippen molar-refractivity contribution in [3.8, 4) is 11.1 Å². The summed E-state index contributed by atoms with van der Waals surface area (Å²) in [6.45, 7) is 0.316. The molecule has 0 aliphatic carbocycles. The van der Waals surface area contributed by atoms with Crippen molar-refractivity contribution in [1.29, 1.82) is 0 Å². The van der Waals surface area contributed by atoms with Gasteiger partial charge in [-0.15, -0.1) is 0 Å². The molecule has 0 bridgehead atoms. The summed E-state index contributed by atoms with van der Waals surface area (Å²) >= 11 is 1.51. The molecule has 34 heavy (non-hydrogen) atoms. The maximum Gasteiger partial charge on any atom is 0.326 e. The van der Waals surface area contributed by atoms with Gasteiger partial charge in [0.05, 0.1) is 0 Å². The summed E-state index contributed by atoms with van der Waals surface area (Å²) in [5.74, 6) is -1.00. The zero-order chi connectivity index (χ0) is 24.5. The Labute approximate surface area is 202 Å². The first-order chi connectivity index (χ1) is 16.4. The minimum Gasteiger partial charge on any atom is -0.480 e. The van der Waals surface area contributed by atoms with Crippen LogP contribution in [0, 0.1) is 0 Å². The minimum atomic E-state index is -1.09. The first-order valence-corrected chi connectivity index (χ1v) is 12.3. The van der Waals surface area contributed by atoms with Gasteiger partial charge in [0, 0.05) is 30.3 Å². The number of rotatable bonds is 10. The Morgan fingerprint density at radius 1 is 1.18 bits per heavy atom. The fourth-order valence-corrected chi connectivity index (χ4v) is 4.10. The van der Waals surface area contributed by atoms with Crippen molar-refractivity contribution >= 4 is 41.3 Å². The number of urea groups is 1. The molecule has 10 heteroatoms. The van der Waals surface area contributed by atoms with Crippen molar-refractivity contribution in [3.05, 3.63) is 54.1 Å². The largest absolute Gasteiger partial charge is 0.480 e. The van der Waals surface area contributed by atoms with Crippen LogP contribution in [0.4, 0.5) is 10.5 Å². The van der Waals surface area contributed by atoms with Gasteiger partial charge in [0.1, 0.15) is 6.04 Å². The number of hydrogen-bond acceptors (Lipinski definition) is 5. The number of hydrogen-bond donors (Lipinski definition) is 5. The van der Waals surface area contributed by atoms with Crippen molar-refractivity contribution < 1.29 is 24.3 Å². The number of carbonyl (C=O) groups excluding carboxylic acids is 3. The summed E-state index contributed by atoms with van der Waals surface area (Å²) in [6, 6.07) is 12.5. The van der Waals surface area contributed by atoms with E-state index in [1.165, 1.54) is 11.8 Å². The third-order valence-corrected chi connectivity index (χ3v) is 6.06. The molecular weight excluding hydrogens is 456 g/mol. The molecule has 4 amide bonds. The van der Waals surface area contributed by atoms with Crippen LogP contribution >= 0.6 is 11.8 Å². The van der Waals surface area contributed by atoms with Gasteiger partial charge < -0.3 is 26.4 Å². The van der Waals surface area contributed by atoms with Crippen LogP contribution in [0.1, 0.15) is 29.6 Å². The predicted octanol–water partition coefficient (Wildman–Crippen LogP) is 2.69. The number of anilines is 1. The van der Waals surface area contributed by atoms with Crippen molar-refractivity contribution in [3.63, 3.8) is 0 Å². The number of thioether (sulfide) groups is 1. The van der Waals surface area contributed by atoms with Gasteiger partial charge >= 0.3 is 12.0 Å². The molecule has 1 aliphatic heterocycles. The third-order valence-electron chi connectivity index (χ3n) is 5.41. The lowest BCUT2D eigenvalue weighted by molar-refractivity contribution is -0.139. The summed E-state index contributed by atoms with van der Waals surface area (Å²) in [5, 5.41) is 20.4. The summed E-state index contributed by atoms with van der Waals surface area (Å²) in [5.41, 5.74) is 2.09. The number of carboxylic acids is 1. The molecule has 2 aromatic rings. The average Bonchev–Trinajstić information content (AvgIpc) is 3.25. The maximum absolute atomic E-state index is 13.0. The van der Waals surface area contributed by atoms with Gasteiger partial charge in [0.25, 0.3) is 5.91 Å². The predicted molar refractivity (Wildman–Crippen MR) is 132 cm³/mol. The lowest BCUT2D eigenvalue weighted by Gasteiger charge is -2.17. The van der Waals surface area contributed by atoms with Gasteiger partial charge in [-0.05, 0) is 54.2 Å². The molecule has 1 saturated heterocycles. The normalized spacial score (nSPS) is 15.8. The first kappa shape index (κ1) is 25.1. The van der Waals surface area contributed by atoms with Gasteiger partial charge in [0.2, 0.25) is 5.91 Å². The Kier molecular flexibility index (Phi) is 8.92. The van der Waals surface area contributed by atoms with Crippen LogP contribution in [-0.2, 0) is 9.59 Å². The molecule has 0 unspecified atom stereocenters. The highest BCUT2D eigenvalue weighted by molar-refractivity contribution is 7.98. The molecule has 1 fully saturated rings. The topological polar surface area (TPSA) is 137 Å². The molecule has 1 aliphatic rings. The van der Waals surface area contributed by atoms with Gasteiger partial charge in [-0.25, -0.2) is 9.59 Å². The fourth-order valence-electron chi connectivity index (χ4n) is 3.63. The fraction of sp³-hybridized carbons (Fsp3) is 0.333. The summed E-state index contributed by atoms with van der Waals surface area (Å²) in [4.78, 5) is 48.2. The minimum absolute atomic E-state index is 0.0211. The molecular formula is C24H28N4O5S. The average molecular weight is 485 g/mol. The standard InChI is InChI=1S/C24H28N4O5S/c1-34-12-11-20(23(31)32)28-22(30)18-9-7-16(13-19(18)15-5-3-2-4-6-15)27-24(33)25-14-17-8-10-21(29)26-17/h2-7,9,13,17,20H,8,10-12,14H2,1H3,(H,26,29)(H,28,30)(H,31,32)(H2,25,27,33)/t17-,20-/m0/s1. The van der Waals surface area contributed by atoms with E-state index in [4.69, 9.17) is 0 Å². The molecule has 5 N–H and O–H groups in total. The van der Waals surface area contributed by atoms with E-state index in [2.05, 4.69) is 21.3 Å². The van der Waals surface area contributed by atoms with E-state index < -0.39 is 23.9 Å². The Hall–Kier alpha value is -3.53. The number of nitrogens with one attached hydrogen (secondary N) is 4. The van der Waals surface area contributed by atoms with Crippen molar-refractivity contribution in [2.75, 3.05) is 23.9 Å². The Morgan fingerprint density at radius 3 is 2.59 bits per heavy atom. The van der Waals surface area contributed by atoms with E-state index in [0.29, 0.717) is 48.4 Å². The van der Waals surface area contributed by atoms with Crippen LogP contribution in [0.3, 0.4) is 0 Å². The summed E-state index contributed by atoms with van der Waals surface area (Å²) in [6.07, 6.45) is 3.32. The quantitative estimate of drug-likeness (QED) is 0.352. The molecule has 2 atom stereocenters. The third kappa shape index (κ3) is 6.98. The van der Waals surface area contributed by atoms with Crippen LogP contribution in [0.25, 0.3) is 11.1 Å². The SMILES string of the molecule is CSCC[C@H](NC(=O)c1ccc(NC(=O)NC[C@@H]2CCC(=O)N2)cc1-c1ccccc1)C(=O)O. The second kappa shape index (κ2) is 12.1. The van der Waals surface area contributed by atoms with E-state index in [1.807, 2.05) is 36.6 Å². The second-order valence-electron chi connectivity index (χ2n) is 7.91.